The van der Waals surface area contributed by atoms with Gasteiger partial charge in [0, 0.05) is 30.0 Å². The number of hydrogen-bond donors (Lipinski definition) is 1. The second kappa shape index (κ2) is 10.5. The van der Waals surface area contributed by atoms with Crippen LogP contribution >= 0.6 is 0 Å². The lowest BCUT2D eigenvalue weighted by Crippen LogP contribution is -2.30. The molecule has 5 heteroatoms. The number of ketones is 1. The molecule has 1 N–H and O–H groups in total. The molecule has 1 aliphatic rings. The SMILES string of the molecule is CCN(CC)c1ccc(N2C(=O)C(=O)/C(=C(/O)c3cc(C(C)(C)C)ccc3C)C2c2ccccc2C)cc1. The Bertz CT molecular complexity index is 1390. The summed E-state index contributed by atoms with van der Waals surface area (Å²) in [5, 5.41) is 11.7. The molecule has 1 unspecified atom stereocenters. The van der Waals surface area contributed by atoms with Crippen molar-refractivity contribution in [3.05, 3.63) is 100 Å². The number of rotatable bonds is 6. The summed E-state index contributed by atoms with van der Waals surface area (Å²) in [7, 11) is 0. The molecule has 1 fully saturated rings. The van der Waals surface area contributed by atoms with E-state index in [1.165, 1.54) is 4.90 Å². The van der Waals surface area contributed by atoms with Gasteiger partial charge in [-0.25, -0.2) is 0 Å². The van der Waals surface area contributed by atoms with Gasteiger partial charge in [-0.1, -0.05) is 57.2 Å². The number of aliphatic hydroxyl groups excluding tert-OH is 1. The molecule has 1 amide bonds. The lowest BCUT2D eigenvalue weighted by molar-refractivity contribution is -0.132. The molecule has 0 aliphatic carbocycles. The van der Waals surface area contributed by atoms with Crippen LogP contribution in [0.1, 0.15) is 68.5 Å². The average molecular weight is 511 g/mol. The third-order valence-electron chi connectivity index (χ3n) is 7.54. The van der Waals surface area contributed by atoms with Crippen LogP contribution in [0.5, 0.6) is 0 Å². The molecule has 3 aromatic rings. The first-order valence-corrected chi connectivity index (χ1v) is 13.3. The summed E-state index contributed by atoms with van der Waals surface area (Å²) in [5.41, 5.74) is 5.86. The van der Waals surface area contributed by atoms with Crippen molar-refractivity contribution in [3.8, 4) is 0 Å². The Morgan fingerprint density at radius 3 is 2.11 bits per heavy atom. The largest absolute Gasteiger partial charge is 0.507 e. The van der Waals surface area contributed by atoms with Crippen LogP contribution in [0.25, 0.3) is 5.76 Å². The van der Waals surface area contributed by atoms with Crippen LogP contribution in [-0.4, -0.2) is 29.9 Å². The maximum absolute atomic E-state index is 13.6. The van der Waals surface area contributed by atoms with Crippen molar-refractivity contribution in [2.75, 3.05) is 22.9 Å². The van der Waals surface area contributed by atoms with Gasteiger partial charge < -0.3 is 10.0 Å². The second-order valence-corrected chi connectivity index (χ2v) is 11.0. The van der Waals surface area contributed by atoms with Crippen LogP contribution in [0.2, 0.25) is 0 Å². The fourth-order valence-corrected chi connectivity index (χ4v) is 5.19. The van der Waals surface area contributed by atoms with E-state index < -0.39 is 17.7 Å². The minimum Gasteiger partial charge on any atom is -0.507 e. The molecule has 1 aliphatic heterocycles. The molecule has 0 saturated carbocycles. The molecule has 5 nitrogen and oxygen atoms in total. The van der Waals surface area contributed by atoms with E-state index in [4.69, 9.17) is 0 Å². The molecule has 198 valence electrons. The van der Waals surface area contributed by atoms with Crippen LogP contribution in [0.3, 0.4) is 0 Å². The van der Waals surface area contributed by atoms with E-state index in [1.54, 1.807) is 0 Å². The number of nitrogens with zero attached hydrogens (tertiary/aromatic N) is 2. The highest BCUT2D eigenvalue weighted by molar-refractivity contribution is 6.51. The van der Waals surface area contributed by atoms with Crippen LogP contribution in [-0.2, 0) is 15.0 Å². The number of anilines is 2. The van der Waals surface area contributed by atoms with Crippen LogP contribution in [0, 0.1) is 13.8 Å². The van der Waals surface area contributed by atoms with Gasteiger partial charge >= 0.3 is 0 Å². The lowest BCUT2D eigenvalue weighted by Gasteiger charge is -2.28. The smallest absolute Gasteiger partial charge is 0.300 e. The van der Waals surface area contributed by atoms with Gasteiger partial charge in [0.1, 0.15) is 5.76 Å². The van der Waals surface area contributed by atoms with E-state index in [0.717, 1.165) is 41.0 Å². The number of hydrogen-bond acceptors (Lipinski definition) is 4. The molecule has 3 aromatic carbocycles. The van der Waals surface area contributed by atoms with Crippen molar-refractivity contribution in [2.45, 2.75) is 59.9 Å². The topological polar surface area (TPSA) is 60.9 Å². The highest BCUT2D eigenvalue weighted by Gasteiger charge is 2.47. The maximum atomic E-state index is 13.6. The van der Waals surface area contributed by atoms with Crippen molar-refractivity contribution in [2.24, 2.45) is 0 Å². The fraction of sp³-hybridized carbons (Fsp3) is 0.333. The third-order valence-corrected chi connectivity index (χ3v) is 7.54. The Kier molecular flexibility index (Phi) is 7.50. The summed E-state index contributed by atoms with van der Waals surface area (Å²) < 4.78 is 0. The first-order chi connectivity index (χ1) is 18.0. The Labute approximate surface area is 226 Å². The van der Waals surface area contributed by atoms with E-state index in [1.807, 2.05) is 80.6 Å². The van der Waals surface area contributed by atoms with Gasteiger partial charge in [-0.3, -0.25) is 14.5 Å². The summed E-state index contributed by atoms with van der Waals surface area (Å²) in [6, 6.07) is 20.6. The third kappa shape index (κ3) is 4.85. The normalized spacial score (nSPS) is 17.2. The van der Waals surface area contributed by atoms with E-state index in [2.05, 4.69) is 39.5 Å². The zero-order valence-electron chi connectivity index (χ0n) is 23.5. The van der Waals surface area contributed by atoms with Gasteiger partial charge in [0.15, 0.2) is 0 Å². The number of carbonyl (C=O) groups is 2. The number of aryl methyl sites for hydroxylation is 2. The highest BCUT2D eigenvalue weighted by Crippen LogP contribution is 2.44. The lowest BCUT2D eigenvalue weighted by atomic mass is 9.84. The minimum atomic E-state index is -0.742. The zero-order chi connectivity index (χ0) is 27.8. The number of benzene rings is 3. The van der Waals surface area contributed by atoms with Gasteiger partial charge in [0.2, 0.25) is 0 Å². The van der Waals surface area contributed by atoms with E-state index >= 15 is 0 Å². The highest BCUT2D eigenvalue weighted by atomic mass is 16.3. The monoisotopic (exact) mass is 510 g/mol. The van der Waals surface area contributed by atoms with Crippen LogP contribution < -0.4 is 9.80 Å². The quantitative estimate of drug-likeness (QED) is 0.219. The molecule has 1 atom stereocenters. The molecule has 0 spiro atoms. The maximum Gasteiger partial charge on any atom is 0.300 e. The van der Waals surface area contributed by atoms with Crippen molar-refractivity contribution in [3.63, 3.8) is 0 Å². The molecule has 38 heavy (non-hydrogen) atoms. The van der Waals surface area contributed by atoms with E-state index in [-0.39, 0.29) is 16.7 Å². The van der Waals surface area contributed by atoms with Crippen molar-refractivity contribution in [1.82, 2.24) is 0 Å². The molecule has 0 bridgehead atoms. The zero-order valence-corrected chi connectivity index (χ0v) is 23.5. The van der Waals surface area contributed by atoms with Crippen molar-refractivity contribution < 1.29 is 14.7 Å². The van der Waals surface area contributed by atoms with Crippen LogP contribution in [0.4, 0.5) is 11.4 Å². The Morgan fingerprint density at radius 1 is 0.895 bits per heavy atom. The molecular formula is C33H38N2O3. The Morgan fingerprint density at radius 2 is 1.53 bits per heavy atom. The Balaban J connectivity index is 1.93. The fourth-order valence-electron chi connectivity index (χ4n) is 5.19. The molecule has 0 radical (unpaired) electrons. The summed E-state index contributed by atoms with van der Waals surface area (Å²) in [6.07, 6.45) is 0. The second-order valence-electron chi connectivity index (χ2n) is 11.0. The average Bonchev–Trinajstić information content (AvgIpc) is 3.14. The summed E-state index contributed by atoms with van der Waals surface area (Å²) in [4.78, 5) is 31.0. The number of Topliss-reactive ketones (excluding diaryl/α,β-unsaturated/α-hetero) is 1. The minimum absolute atomic E-state index is 0.117. The Hall–Kier alpha value is -3.86. The number of carbonyl (C=O) groups excluding carboxylic acids is 2. The van der Waals surface area contributed by atoms with Gasteiger partial charge in [-0.05, 0) is 85.7 Å². The standard InChI is InChI=1S/C33H38N2O3/c1-8-34(9-2)24-16-18-25(19-17-24)35-29(26-13-11-10-12-21(26)3)28(31(37)32(35)38)30(36)27-20-23(33(5,6)7)15-14-22(27)4/h10-20,29,36H,8-9H2,1-7H3/b30-28+. The van der Waals surface area contributed by atoms with Gasteiger partial charge in [-0.2, -0.15) is 0 Å². The van der Waals surface area contributed by atoms with Gasteiger partial charge in [0.05, 0.1) is 11.6 Å². The van der Waals surface area contributed by atoms with Crippen molar-refractivity contribution >= 4 is 28.8 Å². The molecule has 0 aromatic heterocycles. The van der Waals surface area contributed by atoms with E-state index in [9.17, 15) is 14.7 Å². The molecule has 1 saturated heterocycles. The summed E-state index contributed by atoms with van der Waals surface area (Å²) in [6.45, 7) is 16.1. The van der Waals surface area contributed by atoms with Gasteiger partial charge in [0.25, 0.3) is 11.7 Å². The van der Waals surface area contributed by atoms with Crippen molar-refractivity contribution in [1.29, 1.82) is 0 Å². The summed E-state index contributed by atoms with van der Waals surface area (Å²) >= 11 is 0. The van der Waals surface area contributed by atoms with Gasteiger partial charge in [-0.15, -0.1) is 0 Å². The first-order valence-electron chi connectivity index (χ1n) is 13.3. The molecular weight excluding hydrogens is 472 g/mol. The van der Waals surface area contributed by atoms with Crippen LogP contribution in [0.15, 0.2) is 72.3 Å². The number of aliphatic hydroxyl groups is 1. The number of amides is 1. The first kappa shape index (κ1) is 27.2. The predicted octanol–water partition coefficient (Wildman–Crippen LogP) is 7.07. The molecule has 1 heterocycles. The summed E-state index contributed by atoms with van der Waals surface area (Å²) in [5.74, 6) is -1.45. The molecule has 4 rings (SSSR count). The van der Waals surface area contributed by atoms with E-state index in [0.29, 0.717) is 11.3 Å². The predicted molar refractivity (Wildman–Crippen MR) is 156 cm³/mol.